The van der Waals surface area contributed by atoms with Gasteiger partial charge in [-0.1, -0.05) is 0 Å². The summed E-state index contributed by atoms with van der Waals surface area (Å²) in [6.45, 7) is 1.60. The van der Waals surface area contributed by atoms with Gasteiger partial charge in [0.15, 0.2) is 22.4 Å². The number of carbonyl (C=O) groups excluding carboxylic acids is 1. The summed E-state index contributed by atoms with van der Waals surface area (Å²) < 4.78 is 21.2. The van der Waals surface area contributed by atoms with Gasteiger partial charge < -0.3 is 20.1 Å². The first-order valence-corrected chi connectivity index (χ1v) is 10.7. The molecule has 3 aromatic heterocycles. The smallest absolute Gasteiger partial charge is 0.341 e. The van der Waals surface area contributed by atoms with Crippen LogP contribution in [0.2, 0.25) is 0 Å². The second-order valence-corrected chi connectivity index (χ2v) is 8.14. The maximum atomic E-state index is 14.9. The number of carboxylic acids is 1. The molecule has 2 N–H and O–H groups in total. The van der Waals surface area contributed by atoms with Crippen molar-refractivity contribution in [1.82, 2.24) is 19.9 Å². The number of ether oxygens (including phenoxy) is 1. The molecule has 4 rings (SSSR count). The standard InChI is InChI=1S/C20H20FN5O5S/c1-31-5-2-3-22-18(28)11-8-25(9-11)17-14(21)7-12-15(27)13(19(29)30)10-26(16(12)24-17)20-23-4-6-32-20/h4,6-7,10-11H,2-3,5,8-9H2,1H3,(H,22,28)(H,29,30). The van der Waals surface area contributed by atoms with Crippen LogP contribution >= 0.6 is 11.3 Å². The number of pyridine rings is 2. The van der Waals surface area contributed by atoms with Crippen molar-refractivity contribution in [1.29, 1.82) is 0 Å². The van der Waals surface area contributed by atoms with E-state index in [2.05, 4.69) is 15.3 Å². The zero-order valence-corrected chi connectivity index (χ0v) is 17.9. The molecular formula is C20H20FN5O5S. The fourth-order valence-electron chi connectivity index (χ4n) is 3.46. The lowest BCUT2D eigenvalue weighted by atomic mass is 9.99. The topological polar surface area (TPSA) is 127 Å². The average Bonchev–Trinajstić information content (AvgIpc) is 3.26. The van der Waals surface area contributed by atoms with Crippen LogP contribution in [0, 0.1) is 11.7 Å². The number of carbonyl (C=O) groups is 2. The number of nitrogens with zero attached hydrogens (tertiary/aromatic N) is 4. The van der Waals surface area contributed by atoms with Gasteiger partial charge in [-0.3, -0.25) is 14.2 Å². The maximum absolute atomic E-state index is 14.9. The van der Waals surface area contributed by atoms with Gasteiger partial charge in [0.25, 0.3) is 0 Å². The molecule has 4 heterocycles. The Morgan fingerprint density at radius 1 is 1.41 bits per heavy atom. The Morgan fingerprint density at radius 3 is 2.84 bits per heavy atom. The Kier molecular flexibility index (Phi) is 6.15. The van der Waals surface area contributed by atoms with E-state index in [0.29, 0.717) is 24.7 Å². The van der Waals surface area contributed by atoms with Crippen LogP contribution in [-0.4, -0.2) is 64.9 Å². The van der Waals surface area contributed by atoms with Gasteiger partial charge in [-0.2, -0.15) is 0 Å². The van der Waals surface area contributed by atoms with E-state index < -0.39 is 22.8 Å². The number of hydrogen-bond acceptors (Lipinski definition) is 8. The molecule has 1 fully saturated rings. The quantitative estimate of drug-likeness (QED) is 0.480. The van der Waals surface area contributed by atoms with Crippen molar-refractivity contribution in [2.24, 2.45) is 5.92 Å². The zero-order valence-electron chi connectivity index (χ0n) is 17.1. The molecule has 0 bridgehead atoms. The summed E-state index contributed by atoms with van der Waals surface area (Å²) in [7, 11) is 1.59. The van der Waals surface area contributed by atoms with Crippen LogP contribution in [0.15, 0.2) is 28.6 Å². The summed E-state index contributed by atoms with van der Waals surface area (Å²) in [4.78, 5) is 46.4. The Balaban J connectivity index is 1.64. The molecule has 3 aromatic rings. The number of aromatic nitrogens is 3. The van der Waals surface area contributed by atoms with E-state index in [0.717, 1.165) is 12.3 Å². The van der Waals surface area contributed by atoms with Gasteiger partial charge in [-0.05, 0) is 12.5 Å². The predicted octanol–water partition coefficient (Wildman–Crippen LogP) is 1.27. The average molecular weight is 461 g/mol. The SMILES string of the molecule is COCCCNC(=O)C1CN(c2nc3c(cc2F)c(=O)c(C(=O)O)cn3-c2nccs2)C1. The molecule has 10 nitrogen and oxygen atoms in total. The van der Waals surface area contributed by atoms with Crippen molar-refractivity contribution >= 4 is 40.1 Å². The Morgan fingerprint density at radius 2 is 2.19 bits per heavy atom. The minimum atomic E-state index is -1.42. The van der Waals surface area contributed by atoms with Gasteiger partial charge in [-0.25, -0.2) is 19.2 Å². The van der Waals surface area contributed by atoms with Crippen molar-refractivity contribution in [3.05, 3.63) is 45.4 Å². The van der Waals surface area contributed by atoms with Crippen molar-refractivity contribution in [3.63, 3.8) is 0 Å². The third kappa shape index (κ3) is 4.06. The summed E-state index contributed by atoms with van der Waals surface area (Å²) in [5, 5.41) is 14.1. The number of hydrogen-bond donors (Lipinski definition) is 2. The van der Waals surface area contributed by atoms with Gasteiger partial charge in [-0.15, -0.1) is 11.3 Å². The summed E-state index contributed by atoms with van der Waals surface area (Å²) in [5.41, 5.74) is -1.23. The second-order valence-electron chi connectivity index (χ2n) is 7.27. The molecule has 0 atom stereocenters. The Labute approximate surface area is 185 Å². The van der Waals surface area contributed by atoms with Crippen LogP contribution in [0.3, 0.4) is 0 Å². The van der Waals surface area contributed by atoms with E-state index in [1.807, 2.05) is 0 Å². The van der Waals surface area contributed by atoms with Crippen LogP contribution in [-0.2, 0) is 9.53 Å². The maximum Gasteiger partial charge on any atom is 0.341 e. The highest BCUT2D eigenvalue weighted by Gasteiger charge is 2.35. The number of nitrogens with one attached hydrogen (secondary N) is 1. The molecule has 0 aliphatic carbocycles. The van der Waals surface area contributed by atoms with E-state index in [4.69, 9.17) is 4.74 Å². The van der Waals surface area contributed by atoms with E-state index in [1.54, 1.807) is 17.4 Å². The zero-order chi connectivity index (χ0) is 22.8. The molecule has 1 aliphatic rings. The minimum Gasteiger partial charge on any atom is -0.477 e. The first-order valence-electron chi connectivity index (χ1n) is 9.81. The number of thiazole rings is 1. The number of carboxylic acid groups (broad SMARTS) is 1. The molecule has 0 spiro atoms. The Bertz CT molecular complexity index is 1220. The number of amides is 1. The third-order valence-corrected chi connectivity index (χ3v) is 5.92. The minimum absolute atomic E-state index is 0.00582. The fraction of sp³-hybridized carbons (Fsp3) is 0.350. The molecule has 12 heteroatoms. The number of halogens is 1. The highest BCUT2D eigenvalue weighted by atomic mass is 32.1. The van der Waals surface area contributed by atoms with Gasteiger partial charge in [0, 0.05) is 51.1 Å². The normalized spacial score (nSPS) is 13.9. The van der Waals surface area contributed by atoms with Crippen LogP contribution < -0.4 is 15.6 Å². The molecule has 1 aliphatic heterocycles. The second kappa shape index (κ2) is 9.01. The van der Waals surface area contributed by atoms with Gasteiger partial charge in [0.2, 0.25) is 11.3 Å². The molecule has 0 saturated carbocycles. The van der Waals surface area contributed by atoms with Gasteiger partial charge >= 0.3 is 5.97 Å². The lowest BCUT2D eigenvalue weighted by molar-refractivity contribution is -0.125. The lowest BCUT2D eigenvalue weighted by Crippen LogP contribution is -2.54. The van der Waals surface area contributed by atoms with E-state index >= 15 is 0 Å². The third-order valence-electron chi connectivity index (χ3n) is 5.15. The summed E-state index contributed by atoms with van der Waals surface area (Å²) in [6.07, 6.45) is 3.37. The molecule has 168 valence electrons. The largest absolute Gasteiger partial charge is 0.477 e. The number of fused-ring (bicyclic) bond motifs is 1. The number of aromatic carboxylic acids is 1. The monoisotopic (exact) mass is 461 g/mol. The molecule has 0 radical (unpaired) electrons. The van der Waals surface area contributed by atoms with Gasteiger partial charge in [0.05, 0.1) is 11.3 Å². The molecule has 1 saturated heterocycles. The van der Waals surface area contributed by atoms with Crippen molar-refractivity contribution in [3.8, 4) is 5.13 Å². The first kappa shape index (κ1) is 21.8. The number of methoxy groups -OCH3 is 1. The highest BCUT2D eigenvalue weighted by molar-refractivity contribution is 7.12. The molecule has 32 heavy (non-hydrogen) atoms. The number of anilines is 1. The van der Waals surface area contributed by atoms with Crippen molar-refractivity contribution < 1.29 is 23.8 Å². The summed E-state index contributed by atoms with van der Waals surface area (Å²) in [6, 6.07) is 0.995. The lowest BCUT2D eigenvalue weighted by Gasteiger charge is -2.39. The molecule has 0 aromatic carbocycles. The molecule has 1 amide bonds. The van der Waals surface area contributed by atoms with Crippen LogP contribution in [0.5, 0.6) is 0 Å². The van der Waals surface area contributed by atoms with Crippen LogP contribution in [0.25, 0.3) is 16.2 Å². The van der Waals surface area contributed by atoms with E-state index in [-0.39, 0.29) is 41.8 Å². The number of rotatable bonds is 8. The van der Waals surface area contributed by atoms with Crippen LogP contribution in [0.1, 0.15) is 16.8 Å². The van der Waals surface area contributed by atoms with Crippen LogP contribution in [0.4, 0.5) is 10.2 Å². The molecular weight excluding hydrogens is 441 g/mol. The van der Waals surface area contributed by atoms with Gasteiger partial charge in [0.1, 0.15) is 5.56 Å². The van der Waals surface area contributed by atoms with E-state index in [1.165, 1.54) is 22.1 Å². The summed E-state index contributed by atoms with van der Waals surface area (Å²) >= 11 is 1.22. The fourth-order valence-corrected chi connectivity index (χ4v) is 4.08. The first-order chi connectivity index (χ1) is 15.4. The molecule has 0 unspecified atom stereocenters. The summed E-state index contributed by atoms with van der Waals surface area (Å²) in [5.74, 6) is -2.61. The van der Waals surface area contributed by atoms with E-state index in [9.17, 15) is 23.9 Å². The van der Waals surface area contributed by atoms with Crippen molar-refractivity contribution in [2.45, 2.75) is 6.42 Å². The predicted molar refractivity (Wildman–Crippen MR) is 115 cm³/mol. The Hall–Kier alpha value is -3.38. The highest BCUT2D eigenvalue weighted by Crippen LogP contribution is 2.29. The van der Waals surface area contributed by atoms with Crippen molar-refractivity contribution in [2.75, 3.05) is 38.3 Å².